The Morgan fingerprint density at radius 2 is 2.18 bits per heavy atom. The van der Waals surface area contributed by atoms with Gasteiger partial charge in [-0.05, 0) is 24.6 Å². The van der Waals surface area contributed by atoms with Crippen LogP contribution in [0.2, 0.25) is 0 Å². The summed E-state index contributed by atoms with van der Waals surface area (Å²) in [4.78, 5) is 0. The van der Waals surface area contributed by atoms with Gasteiger partial charge in [0, 0.05) is 18.6 Å². The van der Waals surface area contributed by atoms with Crippen LogP contribution >= 0.6 is 0 Å². The molecule has 1 saturated carbocycles. The topological polar surface area (TPSA) is 47.3 Å². The molecular weight excluding hydrogens is 219 g/mol. The van der Waals surface area contributed by atoms with E-state index < -0.39 is 0 Å². The predicted molar refractivity (Wildman–Crippen MR) is 67.4 cm³/mol. The Morgan fingerprint density at radius 3 is 2.71 bits per heavy atom. The molecule has 1 aromatic rings. The van der Waals surface area contributed by atoms with Gasteiger partial charge in [0.1, 0.15) is 5.82 Å². The number of halogens is 1. The fourth-order valence-electron chi connectivity index (χ4n) is 2.38. The van der Waals surface area contributed by atoms with Crippen LogP contribution in [-0.4, -0.2) is 19.3 Å². The number of benzene rings is 1. The second-order valence-corrected chi connectivity index (χ2v) is 5.21. The minimum absolute atomic E-state index is 0.0651. The predicted octanol–water partition coefficient (Wildman–Crippen LogP) is 2.63. The molecule has 0 bridgehead atoms. The monoisotopic (exact) mass is 238 g/mol. The summed E-state index contributed by atoms with van der Waals surface area (Å²) in [7, 11) is 1.73. The maximum Gasteiger partial charge on any atom is 0.125 e. The number of nitrogens with two attached hydrogens (primary N) is 1. The van der Waals surface area contributed by atoms with Crippen molar-refractivity contribution in [2.45, 2.75) is 32.4 Å². The zero-order chi connectivity index (χ0) is 12.6. The number of methoxy groups -OCH3 is 1. The number of nitrogens with one attached hydrogen (secondary N) is 1. The van der Waals surface area contributed by atoms with E-state index in [1.807, 2.05) is 0 Å². The lowest BCUT2D eigenvalue weighted by Gasteiger charge is -2.51. The van der Waals surface area contributed by atoms with Gasteiger partial charge in [-0.15, -0.1) is 0 Å². The van der Waals surface area contributed by atoms with Crippen molar-refractivity contribution < 1.29 is 9.13 Å². The van der Waals surface area contributed by atoms with Gasteiger partial charge in [-0.3, -0.25) is 0 Å². The maximum atomic E-state index is 12.9. The molecule has 0 saturated heterocycles. The van der Waals surface area contributed by atoms with Gasteiger partial charge in [-0.2, -0.15) is 0 Å². The SMILES string of the molecule is COC1CC(Nc2ccc(F)cc2N)C1(C)C. The molecule has 0 aromatic heterocycles. The van der Waals surface area contributed by atoms with Crippen LogP contribution in [0.15, 0.2) is 18.2 Å². The van der Waals surface area contributed by atoms with Crippen LogP contribution in [-0.2, 0) is 4.74 Å². The highest BCUT2D eigenvalue weighted by Gasteiger charge is 2.48. The summed E-state index contributed by atoms with van der Waals surface area (Å²) < 4.78 is 18.3. The zero-order valence-electron chi connectivity index (χ0n) is 10.5. The van der Waals surface area contributed by atoms with E-state index >= 15 is 0 Å². The highest BCUT2D eigenvalue weighted by atomic mass is 19.1. The molecule has 1 aliphatic carbocycles. The largest absolute Gasteiger partial charge is 0.397 e. The van der Waals surface area contributed by atoms with Crippen LogP contribution in [0.25, 0.3) is 0 Å². The summed E-state index contributed by atoms with van der Waals surface area (Å²) in [5.74, 6) is -0.310. The number of hydrogen-bond donors (Lipinski definition) is 2. The zero-order valence-corrected chi connectivity index (χ0v) is 10.5. The number of rotatable bonds is 3. The molecule has 0 radical (unpaired) electrons. The molecule has 0 amide bonds. The Bertz CT molecular complexity index is 420. The van der Waals surface area contributed by atoms with Gasteiger partial charge in [-0.1, -0.05) is 13.8 Å². The molecule has 0 spiro atoms. The van der Waals surface area contributed by atoms with Crippen molar-refractivity contribution in [3.05, 3.63) is 24.0 Å². The molecule has 2 unspecified atom stereocenters. The van der Waals surface area contributed by atoms with E-state index in [0.29, 0.717) is 11.7 Å². The molecule has 17 heavy (non-hydrogen) atoms. The van der Waals surface area contributed by atoms with Crippen molar-refractivity contribution in [3.8, 4) is 0 Å². The second kappa shape index (κ2) is 4.18. The Hall–Kier alpha value is -1.29. The van der Waals surface area contributed by atoms with Crippen molar-refractivity contribution in [2.75, 3.05) is 18.2 Å². The van der Waals surface area contributed by atoms with E-state index in [2.05, 4.69) is 19.2 Å². The molecule has 0 aliphatic heterocycles. The molecular formula is C13H19FN2O. The highest BCUT2D eigenvalue weighted by molar-refractivity contribution is 5.66. The fourth-order valence-corrected chi connectivity index (χ4v) is 2.38. The summed E-state index contributed by atoms with van der Waals surface area (Å²) in [6, 6.07) is 4.74. The van der Waals surface area contributed by atoms with Gasteiger partial charge < -0.3 is 15.8 Å². The third-order valence-electron chi connectivity index (χ3n) is 3.81. The van der Waals surface area contributed by atoms with Crippen LogP contribution in [0.1, 0.15) is 20.3 Å². The molecule has 3 nitrogen and oxygen atoms in total. The first kappa shape index (κ1) is 12.2. The van der Waals surface area contributed by atoms with Crippen LogP contribution in [0.4, 0.5) is 15.8 Å². The lowest BCUT2D eigenvalue weighted by Crippen LogP contribution is -2.57. The van der Waals surface area contributed by atoms with Gasteiger partial charge in [0.25, 0.3) is 0 Å². The quantitative estimate of drug-likeness (QED) is 0.796. The number of nitrogen functional groups attached to an aromatic ring is 1. The second-order valence-electron chi connectivity index (χ2n) is 5.21. The minimum atomic E-state index is -0.310. The van der Waals surface area contributed by atoms with E-state index in [9.17, 15) is 4.39 Å². The van der Waals surface area contributed by atoms with Crippen molar-refractivity contribution in [3.63, 3.8) is 0 Å². The average Bonchev–Trinajstić information content (AvgIpc) is 2.26. The van der Waals surface area contributed by atoms with Crippen LogP contribution < -0.4 is 11.1 Å². The lowest BCUT2D eigenvalue weighted by atomic mass is 9.64. The minimum Gasteiger partial charge on any atom is -0.397 e. The first-order chi connectivity index (χ1) is 7.95. The van der Waals surface area contributed by atoms with E-state index in [1.54, 1.807) is 13.2 Å². The number of hydrogen-bond acceptors (Lipinski definition) is 3. The molecule has 4 heteroatoms. The Balaban J connectivity index is 2.08. The van der Waals surface area contributed by atoms with Gasteiger partial charge in [0.05, 0.1) is 17.5 Å². The summed E-state index contributed by atoms with van der Waals surface area (Å²) in [6.45, 7) is 4.31. The average molecular weight is 238 g/mol. The molecule has 2 rings (SSSR count). The highest BCUT2D eigenvalue weighted by Crippen LogP contribution is 2.44. The first-order valence-corrected chi connectivity index (χ1v) is 5.79. The fraction of sp³-hybridized carbons (Fsp3) is 0.538. The molecule has 0 heterocycles. The molecule has 2 atom stereocenters. The van der Waals surface area contributed by atoms with E-state index in [1.165, 1.54) is 12.1 Å². The van der Waals surface area contributed by atoms with E-state index in [-0.39, 0.29) is 17.3 Å². The molecule has 1 fully saturated rings. The summed E-state index contributed by atoms with van der Waals surface area (Å²) in [5, 5.41) is 3.36. The third-order valence-corrected chi connectivity index (χ3v) is 3.81. The summed E-state index contributed by atoms with van der Waals surface area (Å²) >= 11 is 0. The Kier molecular flexibility index (Phi) is 3.00. The number of anilines is 2. The Morgan fingerprint density at radius 1 is 1.47 bits per heavy atom. The van der Waals surface area contributed by atoms with Crippen LogP contribution in [0.5, 0.6) is 0 Å². The van der Waals surface area contributed by atoms with Crippen LogP contribution in [0, 0.1) is 11.2 Å². The molecule has 1 aromatic carbocycles. The lowest BCUT2D eigenvalue weighted by molar-refractivity contribution is -0.0794. The van der Waals surface area contributed by atoms with Crippen molar-refractivity contribution in [1.82, 2.24) is 0 Å². The van der Waals surface area contributed by atoms with E-state index in [4.69, 9.17) is 10.5 Å². The first-order valence-electron chi connectivity index (χ1n) is 5.79. The third kappa shape index (κ3) is 2.09. The van der Waals surface area contributed by atoms with Gasteiger partial charge in [0.2, 0.25) is 0 Å². The van der Waals surface area contributed by atoms with E-state index in [0.717, 1.165) is 12.1 Å². The molecule has 94 valence electrons. The normalized spacial score (nSPS) is 26.4. The van der Waals surface area contributed by atoms with Crippen LogP contribution in [0.3, 0.4) is 0 Å². The Labute approximate surface area is 101 Å². The van der Waals surface area contributed by atoms with Crippen molar-refractivity contribution >= 4 is 11.4 Å². The summed E-state index contributed by atoms with van der Waals surface area (Å²) in [5.41, 5.74) is 7.07. The van der Waals surface area contributed by atoms with Gasteiger partial charge in [-0.25, -0.2) is 4.39 Å². The van der Waals surface area contributed by atoms with Gasteiger partial charge >= 0.3 is 0 Å². The number of ether oxygens (including phenoxy) is 1. The maximum absolute atomic E-state index is 12.9. The molecule has 3 N–H and O–H groups in total. The molecule has 1 aliphatic rings. The standard InChI is InChI=1S/C13H19FN2O/c1-13(2)11(7-12(13)17-3)16-10-5-4-8(14)6-9(10)15/h4-6,11-12,16H,7,15H2,1-3H3. The smallest absolute Gasteiger partial charge is 0.125 e. The van der Waals surface area contributed by atoms with Gasteiger partial charge in [0.15, 0.2) is 0 Å². The van der Waals surface area contributed by atoms with Crippen molar-refractivity contribution in [2.24, 2.45) is 5.41 Å². The summed E-state index contributed by atoms with van der Waals surface area (Å²) in [6.07, 6.45) is 1.21. The van der Waals surface area contributed by atoms with Crippen molar-refractivity contribution in [1.29, 1.82) is 0 Å².